The Hall–Kier alpha value is -3.14. The second-order valence-electron chi connectivity index (χ2n) is 6.35. The molecule has 0 saturated carbocycles. The number of carbonyl (C=O) groups excluding carboxylic acids is 1. The molecule has 28 heavy (non-hydrogen) atoms. The van der Waals surface area contributed by atoms with Crippen molar-refractivity contribution in [3.05, 3.63) is 53.6 Å². The molecule has 10 heteroatoms. The van der Waals surface area contributed by atoms with Gasteiger partial charge in [0, 0.05) is 11.9 Å². The first-order valence-electron chi connectivity index (χ1n) is 8.61. The standard InChI is InChI=1S/C18H21N5O4S/c1-4-28(26,27)14-5-6-17(24)16(10-14)19-18(25)15-7-8-22(21-15)11-23-13(3)9-12(2)20-23/h5-10,24H,4,11H2,1-3H3,(H,19,25). The van der Waals surface area contributed by atoms with Crippen molar-refractivity contribution in [1.82, 2.24) is 19.6 Å². The van der Waals surface area contributed by atoms with Crippen molar-refractivity contribution in [3.8, 4) is 5.75 Å². The maximum Gasteiger partial charge on any atom is 0.276 e. The van der Waals surface area contributed by atoms with Crippen molar-refractivity contribution in [2.24, 2.45) is 0 Å². The lowest BCUT2D eigenvalue weighted by Crippen LogP contribution is -2.16. The van der Waals surface area contributed by atoms with Crippen LogP contribution < -0.4 is 5.32 Å². The van der Waals surface area contributed by atoms with E-state index in [0.29, 0.717) is 6.67 Å². The molecule has 2 N–H and O–H groups in total. The first kappa shape index (κ1) is 19.6. The number of hydrogen-bond donors (Lipinski definition) is 2. The second kappa shape index (κ2) is 7.47. The van der Waals surface area contributed by atoms with Crippen LogP contribution in [0.2, 0.25) is 0 Å². The van der Waals surface area contributed by atoms with Gasteiger partial charge in [-0.3, -0.25) is 9.48 Å². The Bertz CT molecular complexity index is 1130. The largest absolute Gasteiger partial charge is 0.506 e. The zero-order valence-electron chi connectivity index (χ0n) is 15.7. The lowest BCUT2D eigenvalue weighted by atomic mass is 10.3. The average molecular weight is 403 g/mol. The number of phenolic OH excluding ortho intramolecular Hbond substituents is 1. The summed E-state index contributed by atoms with van der Waals surface area (Å²) >= 11 is 0. The Morgan fingerprint density at radius 1 is 1.18 bits per heavy atom. The molecule has 0 spiro atoms. The van der Waals surface area contributed by atoms with Crippen LogP contribution >= 0.6 is 0 Å². The average Bonchev–Trinajstić information content (AvgIpc) is 3.23. The molecule has 0 aliphatic rings. The minimum Gasteiger partial charge on any atom is -0.506 e. The Kier molecular flexibility index (Phi) is 5.23. The van der Waals surface area contributed by atoms with Crippen LogP contribution in [0.25, 0.3) is 0 Å². The number of rotatable bonds is 6. The van der Waals surface area contributed by atoms with E-state index in [1.807, 2.05) is 19.9 Å². The fraction of sp³-hybridized carbons (Fsp3) is 0.278. The van der Waals surface area contributed by atoms with Gasteiger partial charge in [-0.1, -0.05) is 6.92 Å². The van der Waals surface area contributed by atoms with Gasteiger partial charge in [0.25, 0.3) is 5.91 Å². The van der Waals surface area contributed by atoms with E-state index in [4.69, 9.17) is 0 Å². The summed E-state index contributed by atoms with van der Waals surface area (Å²) in [4.78, 5) is 12.5. The molecule has 1 aromatic carbocycles. The quantitative estimate of drug-likeness (QED) is 0.607. The number of nitrogens with zero attached hydrogens (tertiary/aromatic N) is 4. The van der Waals surface area contributed by atoms with Gasteiger partial charge >= 0.3 is 0 Å². The first-order valence-corrected chi connectivity index (χ1v) is 10.3. The van der Waals surface area contributed by atoms with Gasteiger partial charge in [0.05, 0.1) is 22.0 Å². The van der Waals surface area contributed by atoms with E-state index in [9.17, 15) is 18.3 Å². The van der Waals surface area contributed by atoms with E-state index in [0.717, 1.165) is 11.4 Å². The molecule has 1 amide bonds. The topological polar surface area (TPSA) is 119 Å². The third-order valence-corrected chi connectivity index (χ3v) is 5.94. The molecule has 9 nitrogen and oxygen atoms in total. The zero-order chi connectivity index (χ0) is 20.5. The van der Waals surface area contributed by atoms with Crippen molar-refractivity contribution < 1.29 is 18.3 Å². The van der Waals surface area contributed by atoms with Crippen LogP contribution in [0.1, 0.15) is 28.8 Å². The van der Waals surface area contributed by atoms with E-state index in [1.54, 1.807) is 15.6 Å². The predicted molar refractivity (Wildman–Crippen MR) is 103 cm³/mol. The molecule has 3 rings (SSSR count). The number of anilines is 1. The lowest BCUT2D eigenvalue weighted by Gasteiger charge is -2.09. The summed E-state index contributed by atoms with van der Waals surface area (Å²) in [6.07, 6.45) is 1.64. The van der Waals surface area contributed by atoms with Gasteiger partial charge in [-0.05, 0) is 44.2 Å². The highest BCUT2D eigenvalue weighted by Crippen LogP contribution is 2.27. The Balaban J connectivity index is 1.78. The van der Waals surface area contributed by atoms with Crippen LogP contribution in [0.5, 0.6) is 5.75 Å². The molecule has 2 aromatic heterocycles. The number of benzene rings is 1. The van der Waals surface area contributed by atoms with Crippen LogP contribution in [-0.2, 0) is 16.5 Å². The van der Waals surface area contributed by atoms with Gasteiger partial charge in [-0.25, -0.2) is 13.1 Å². The summed E-state index contributed by atoms with van der Waals surface area (Å²) in [6.45, 7) is 5.69. The molecule has 148 valence electrons. The van der Waals surface area contributed by atoms with Gasteiger partial charge in [-0.15, -0.1) is 0 Å². The maximum absolute atomic E-state index is 12.5. The van der Waals surface area contributed by atoms with Crippen molar-refractivity contribution >= 4 is 21.4 Å². The summed E-state index contributed by atoms with van der Waals surface area (Å²) in [6, 6.07) is 7.24. The van der Waals surface area contributed by atoms with E-state index in [1.165, 1.54) is 31.2 Å². The molecular weight excluding hydrogens is 382 g/mol. The summed E-state index contributed by atoms with van der Waals surface area (Å²) in [5.41, 5.74) is 2.00. The molecule has 0 unspecified atom stereocenters. The minimum absolute atomic E-state index is 0.00706. The fourth-order valence-corrected chi connectivity index (χ4v) is 3.58. The van der Waals surface area contributed by atoms with Gasteiger partial charge in [0.15, 0.2) is 15.5 Å². The number of aromatic hydroxyl groups is 1. The smallest absolute Gasteiger partial charge is 0.276 e. The Morgan fingerprint density at radius 3 is 2.57 bits per heavy atom. The monoisotopic (exact) mass is 403 g/mol. The number of amides is 1. The van der Waals surface area contributed by atoms with Gasteiger partial charge in [0.1, 0.15) is 12.4 Å². The zero-order valence-corrected chi connectivity index (χ0v) is 16.6. The molecule has 3 aromatic rings. The number of phenols is 1. The lowest BCUT2D eigenvalue weighted by molar-refractivity contribution is 0.102. The molecular formula is C18H21N5O4S. The van der Waals surface area contributed by atoms with Gasteiger partial charge < -0.3 is 10.4 Å². The number of sulfone groups is 1. The summed E-state index contributed by atoms with van der Waals surface area (Å²) in [5.74, 6) is -0.874. The van der Waals surface area contributed by atoms with Gasteiger partial charge in [-0.2, -0.15) is 10.2 Å². The first-order chi connectivity index (χ1) is 13.2. The number of carbonyl (C=O) groups is 1. The molecule has 0 aliphatic heterocycles. The van der Waals surface area contributed by atoms with E-state index < -0.39 is 15.7 Å². The maximum atomic E-state index is 12.5. The highest BCUT2D eigenvalue weighted by atomic mass is 32.2. The summed E-state index contributed by atoms with van der Waals surface area (Å²) in [7, 11) is -3.46. The summed E-state index contributed by atoms with van der Waals surface area (Å²) in [5, 5.41) is 21.0. The third kappa shape index (κ3) is 4.06. The van der Waals surface area contributed by atoms with Crippen LogP contribution in [0.15, 0.2) is 41.4 Å². The molecule has 0 atom stereocenters. The van der Waals surface area contributed by atoms with Crippen LogP contribution in [0.3, 0.4) is 0 Å². The fourth-order valence-electron chi connectivity index (χ4n) is 2.68. The van der Waals surface area contributed by atoms with Crippen LogP contribution in [-0.4, -0.2) is 44.7 Å². The number of aryl methyl sites for hydroxylation is 2. The molecule has 2 heterocycles. The van der Waals surface area contributed by atoms with Crippen LogP contribution in [0.4, 0.5) is 5.69 Å². The van der Waals surface area contributed by atoms with E-state index in [2.05, 4.69) is 15.5 Å². The van der Waals surface area contributed by atoms with E-state index in [-0.39, 0.29) is 27.8 Å². The molecule has 0 bridgehead atoms. The number of hydrogen-bond acceptors (Lipinski definition) is 6. The third-order valence-electron chi connectivity index (χ3n) is 4.21. The van der Waals surface area contributed by atoms with Crippen molar-refractivity contribution in [2.45, 2.75) is 32.3 Å². The van der Waals surface area contributed by atoms with Crippen LogP contribution in [0, 0.1) is 13.8 Å². The van der Waals surface area contributed by atoms with Gasteiger partial charge in [0.2, 0.25) is 0 Å². The minimum atomic E-state index is -3.46. The van der Waals surface area contributed by atoms with Crippen molar-refractivity contribution in [1.29, 1.82) is 0 Å². The molecule has 0 fully saturated rings. The molecule has 0 saturated heterocycles. The Labute approximate surface area is 162 Å². The highest BCUT2D eigenvalue weighted by Gasteiger charge is 2.17. The normalized spacial score (nSPS) is 11.5. The van der Waals surface area contributed by atoms with Crippen molar-refractivity contribution in [2.75, 3.05) is 11.1 Å². The van der Waals surface area contributed by atoms with E-state index >= 15 is 0 Å². The Morgan fingerprint density at radius 2 is 1.93 bits per heavy atom. The molecule has 0 aliphatic carbocycles. The SMILES string of the molecule is CCS(=O)(=O)c1ccc(O)c(NC(=O)c2ccn(Cn3nc(C)cc3C)n2)c1. The number of aromatic nitrogens is 4. The van der Waals surface area contributed by atoms with Crippen molar-refractivity contribution in [3.63, 3.8) is 0 Å². The molecule has 0 radical (unpaired) electrons. The second-order valence-corrected chi connectivity index (χ2v) is 8.62. The highest BCUT2D eigenvalue weighted by molar-refractivity contribution is 7.91. The number of nitrogens with one attached hydrogen (secondary N) is 1. The summed E-state index contributed by atoms with van der Waals surface area (Å²) < 4.78 is 27.3. The predicted octanol–water partition coefficient (Wildman–Crippen LogP) is 1.95.